The molecule has 1 heterocycles. The van der Waals surface area contributed by atoms with Gasteiger partial charge in [-0.25, -0.2) is 8.42 Å². The minimum Gasteiger partial charge on any atom is -0.298 e. The summed E-state index contributed by atoms with van der Waals surface area (Å²) in [5, 5.41) is 10.7. The lowest BCUT2D eigenvalue weighted by atomic mass is 10.2. The summed E-state index contributed by atoms with van der Waals surface area (Å²) in [5.74, 6) is 0. The normalized spacial score (nSPS) is 11.1. The van der Waals surface area contributed by atoms with Crippen LogP contribution in [0, 0.1) is 10.1 Å². The van der Waals surface area contributed by atoms with Crippen molar-refractivity contribution in [2.24, 2.45) is 0 Å². The van der Waals surface area contributed by atoms with Crippen LogP contribution in [0.15, 0.2) is 34.5 Å². The minimum absolute atomic E-state index is 0.173. The number of halogens is 1. The van der Waals surface area contributed by atoms with Gasteiger partial charge < -0.3 is 0 Å². The highest BCUT2D eigenvalue weighted by atomic mass is 35.5. The zero-order valence-electron chi connectivity index (χ0n) is 10.1. The summed E-state index contributed by atoms with van der Waals surface area (Å²) in [4.78, 5) is 20.6. The van der Waals surface area contributed by atoms with Crippen LogP contribution in [-0.2, 0) is 10.0 Å². The topological polar surface area (TPSA) is 106 Å². The van der Waals surface area contributed by atoms with Crippen LogP contribution >= 0.6 is 22.9 Å². The zero-order valence-corrected chi connectivity index (χ0v) is 12.5. The number of nitrogens with zero attached hydrogens (tertiary/aromatic N) is 1. The van der Waals surface area contributed by atoms with E-state index in [-0.39, 0.29) is 14.2 Å². The summed E-state index contributed by atoms with van der Waals surface area (Å²) < 4.78 is 26.0. The molecule has 0 aliphatic heterocycles. The predicted octanol–water partition coefficient (Wildman–Crippen LogP) is 2.92. The van der Waals surface area contributed by atoms with Gasteiger partial charge in [0.05, 0.1) is 4.92 Å². The van der Waals surface area contributed by atoms with Crippen molar-refractivity contribution in [1.82, 2.24) is 0 Å². The van der Waals surface area contributed by atoms with E-state index >= 15 is 0 Å². The molecule has 2 aromatic rings. The van der Waals surface area contributed by atoms with E-state index in [4.69, 9.17) is 11.6 Å². The Morgan fingerprint density at radius 1 is 1.33 bits per heavy atom. The SMILES string of the molecule is O=Cc1cccc(NS(=O)(=O)c2cc([N+](=O)[O-])c(Cl)s2)c1. The first-order valence-corrected chi connectivity index (χ1v) is 8.03. The fourth-order valence-electron chi connectivity index (χ4n) is 1.48. The van der Waals surface area contributed by atoms with Gasteiger partial charge in [0.1, 0.15) is 10.5 Å². The van der Waals surface area contributed by atoms with E-state index in [1.807, 2.05) is 0 Å². The van der Waals surface area contributed by atoms with Gasteiger partial charge in [-0.15, -0.1) is 11.3 Å². The van der Waals surface area contributed by atoms with Gasteiger partial charge in [0.2, 0.25) is 0 Å². The number of rotatable bonds is 5. The van der Waals surface area contributed by atoms with Gasteiger partial charge in [-0.05, 0) is 12.1 Å². The van der Waals surface area contributed by atoms with Crippen molar-refractivity contribution in [2.75, 3.05) is 4.72 Å². The van der Waals surface area contributed by atoms with Crippen LogP contribution < -0.4 is 4.72 Å². The van der Waals surface area contributed by atoms with Crippen molar-refractivity contribution in [2.45, 2.75) is 4.21 Å². The largest absolute Gasteiger partial charge is 0.300 e. The third-order valence-electron chi connectivity index (χ3n) is 2.38. The molecule has 7 nitrogen and oxygen atoms in total. The number of anilines is 1. The average Bonchev–Trinajstić information content (AvgIpc) is 2.81. The maximum absolute atomic E-state index is 12.1. The first kappa shape index (κ1) is 15.4. The van der Waals surface area contributed by atoms with Gasteiger partial charge in [-0.1, -0.05) is 23.7 Å². The fraction of sp³-hybridized carbons (Fsp3) is 0. The van der Waals surface area contributed by atoms with Crippen molar-refractivity contribution in [1.29, 1.82) is 0 Å². The van der Waals surface area contributed by atoms with Crippen LogP contribution in [0.4, 0.5) is 11.4 Å². The molecule has 10 heteroatoms. The molecule has 110 valence electrons. The summed E-state index contributed by atoms with van der Waals surface area (Å²) in [6.45, 7) is 0. The summed E-state index contributed by atoms with van der Waals surface area (Å²) >= 11 is 6.22. The van der Waals surface area contributed by atoms with Crippen LogP contribution in [0.2, 0.25) is 4.34 Å². The summed E-state index contributed by atoms with van der Waals surface area (Å²) in [7, 11) is -4.01. The summed E-state index contributed by atoms with van der Waals surface area (Å²) in [6.07, 6.45) is 0.574. The second kappa shape index (κ2) is 5.80. The number of carbonyl (C=O) groups is 1. The number of sulfonamides is 1. The maximum Gasteiger partial charge on any atom is 0.300 e. The quantitative estimate of drug-likeness (QED) is 0.509. The highest BCUT2D eigenvalue weighted by molar-refractivity contribution is 7.94. The molecule has 21 heavy (non-hydrogen) atoms. The molecule has 0 bridgehead atoms. The smallest absolute Gasteiger partial charge is 0.298 e. The standard InChI is InChI=1S/C11H7ClN2O5S2/c12-11-9(14(16)17)5-10(20-11)21(18,19)13-8-3-1-2-7(4-8)6-15/h1-6,13H. The Morgan fingerprint density at radius 3 is 2.62 bits per heavy atom. The van der Waals surface area contributed by atoms with E-state index in [1.165, 1.54) is 24.3 Å². The van der Waals surface area contributed by atoms with Gasteiger partial charge in [0.15, 0.2) is 4.34 Å². The lowest BCUT2D eigenvalue weighted by Gasteiger charge is -2.05. The molecule has 1 N–H and O–H groups in total. The highest BCUT2D eigenvalue weighted by Crippen LogP contribution is 2.36. The van der Waals surface area contributed by atoms with Gasteiger partial charge in [0, 0.05) is 17.3 Å². The lowest BCUT2D eigenvalue weighted by Crippen LogP contribution is -2.11. The molecular formula is C11H7ClN2O5S2. The van der Waals surface area contributed by atoms with Crippen LogP contribution in [0.3, 0.4) is 0 Å². The average molecular weight is 347 g/mol. The molecule has 0 spiro atoms. The second-order valence-electron chi connectivity index (χ2n) is 3.83. The fourth-order valence-corrected chi connectivity index (χ4v) is 4.19. The van der Waals surface area contributed by atoms with Crippen molar-refractivity contribution >= 4 is 50.6 Å². The lowest BCUT2D eigenvalue weighted by molar-refractivity contribution is -0.384. The molecule has 2 rings (SSSR count). The van der Waals surface area contributed by atoms with Gasteiger partial charge in [-0.2, -0.15) is 0 Å². The second-order valence-corrected chi connectivity index (χ2v) is 7.39. The summed E-state index contributed by atoms with van der Waals surface area (Å²) in [6, 6.07) is 6.70. The molecule has 0 saturated carbocycles. The van der Waals surface area contributed by atoms with E-state index in [9.17, 15) is 23.3 Å². The first-order chi connectivity index (χ1) is 9.83. The number of carbonyl (C=O) groups excluding carboxylic acids is 1. The maximum atomic E-state index is 12.1. The van der Waals surface area contributed by atoms with E-state index in [1.54, 1.807) is 0 Å². The van der Waals surface area contributed by atoms with Crippen LogP contribution in [0.25, 0.3) is 0 Å². The molecule has 0 saturated heterocycles. The molecule has 1 aromatic heterocycles. The monoisotopic (exact) mass is 346 g/mol. The minimum atomic E-state index is -4.01. The molecule has 0 unspecified atom stereocenters. The van der Waals surface area contributed by atoms with Gasteiger partial charge in [-0.3, -0.25) is 19.6 Å². The Labute approximate surface area is 128 Å². The van der Waals surface area contributed by atoms with E-state index < -0.39 is 20.6 Å². The Bertz CT molecular complexity index is 816. The molecule has 0 aliphatic carbocycles. The van der Waals surface area contributed by atoms with Crippen LogP contribution in [0.1, 0.15) is 10.4 Å². The molecule has 0 radical (unpaired) electrons. The van der Waals surface area contributed by atoms with Crippen molar-refractivity contribution in [3.63, 3.8) is 0 Å². The summed E-state index contributed by atoms with van der Waals surface area (Å²) in [5.41, 5.74) is 0.000789. The molecule has 0 fully saturated rings. The third kappa shape index (κ3) is 3.38. The first-order valence-electron chi connectivity index (χ1n) is 5.35. The third-order valence-corrected chi connectivity index (χ3v) is 5.58. The molecule has 0 aliphatic rings. The number of hydrogen-bond acceptors (Lipinski definition) is 6. The van der Waals surface area contributed by atoms with Crippen molar-refractivity contribution in [3.8, 4) is 0 Å². The van der Waals surface area contributed by atoms with E-state index in [0.717, 1.165) is 6.07 Å². The van der Waals surface area contributed by atoms with E-state index in [2.05, 4.69) is 4.72 Å². The van der Waals surface area contributed by atoms with E-state index in [0.29, 0.717) is 23.2 Å². The molecular weight excluding hydrogens is 340 g/mol. The Kier molecular flexibility index (Phi) is 4.26. The van der Waals surface area contributed by atoms with Crippen molar-refractivity contribution in [3.05, 3.63) is 50.3 Å². The number of thiophene rings is 1. The number of nitrogens with one attached hydrogen (secondary N) is 1. The predicted molar refractivity (Wildman–Crippen MR) is 78.6 cm³/mol. The number of benzene rings is 1. The van der Waals surface area contributed by atoms with Crippen molar-refractivity contribution < 1.29 is 18.1 Å². The van der Waals surface area contributed by atoms with Gasteiger partial charge in [0.25, 0.3) is 15.7 Å². The highest BCUT2D eigenvalue weighted by Gasteiger charge is 2.25. The van der Waals surface area contributed by atoms with Crippen LogP contribution in [-0.4, -0.2) is 19.6 Å². The molecule has 1 aromatic carbocycles. The zero-order chi connectivity index (χ0) is 15.6. The molecule has 0 amide bonds. The Morgan fingerprint density at radius 2 is 2.05 bits per heavy atom. The number of nitro groups is 1. The Balaban J connectivity index is 2.36. The van der Waals surface area contributed by atoms with Gasteiger partial charge >= 0.3 is 0 Å². The number of hydrogen-bond donors (Lipinski definition) is 1. The number of aldehydes is 1. The Hall–Kier alpha value is -1.97. The van der Waals surface area contributed by atoms with Crippen LogP contribution in [0.5, 0.6) is 0 Å². The molecule has 0 atom stereocenters.